The molecule has 1 aliphatic rings. The molecule has 160 valence electrons. The van der Waals surface area contributed by atoms with Crippen molar-refractivity contribution in [3.8, 4) is 0 Å². The zero-order valence-electron chi connectivity index (χ0n) is 17.8. The van der Waals surface area contributed by atoms with Crippen LogP contribution in [0, 0.1) is 5.92 Å². The van der Waals surface area contributed by atoms with Crippen molar-refractivity contribution in [2.75, 3.05) is 45.8 Å². The van der Waals surface area contributed by atoms with Crippen molar-refractivity contribution in [2.24, 2.45) is 10.9 Å². The average Bonchev–Trinajstić information content (AvgIpc) is 2.56. The number of nitrogens with one attached hydrogen (secondary N) is 3. The summed E-state index contributed by atoms with van der Waals surface area (Å²) in [4.78, 5) is 18.9. The van der Waals surface area contributed by atoms with Gasteiger partial charge in [-0.05, 0) is 72.5 Å². The Morgan fingerprint density at radius 1 is 1.11 bits per heavy atom. The standard InChI is InChI=1S/C19H39N5O2.HI/c1-6-12-24-13-8-16(9-14-24)15-23-17(20-7-2)21-10-11-22-18(25)26-19(3,4)5;/h16H,6-15H2,1-5H3,(H,22,25)(H2,20,21,23);1H. The van der Waals surface area contributed by atoms with Crippen molar-refractivity contribution in [3.63, 3.8) is 0 Å². The molecule has 1 fully saturated rings. The number of aliphatic imine (C=N–C) groups is 1. The van der Waals surface area contributed by atoms with Crippen LogP contribution in [0.25, 0.3) is 0 Å². The summed E-state index contributed by atoms with van der Waals surface area (Å²) in [5.41, 5.74) is -0.472. The Balaban J connectivity index is 0.00000676. The predicted molar refractivity (Wildman–Crippen MR) is 123 cm³/mol. The fourth-order valence-electron chi connectivity index (χ4n) is 2.93. The molecule has 0 spiro atoms. The van der Waals surface area contributed by atoms with Crippen LogP contribution in [-0.4, -0.2) is 68.4 Å². The quantitative estimate of drug-likeness (QED) is 0.208. The monoisotopic (exact) mass is 497 g/mol. The van der Waals surface area contributed by atoms with E-state index in [2.05, 4.69) is 34.7 Å². The number of rotatable bonds is 8. The number of alkyl carbamates (subject to hydrolysis) is 1. The highest BCUT2D eigenvalue weighted by atomic mass is 127. The van der Waals surface area contributed by atoms with E-state index < -0.39 is 5.60 Å². The number of carbonyl (C=O) groups excluding carboxylic acids is 1. The third kappa shape index (κ3) is 13.1. The van der Waals surface area contributed by atoms with E-state index in [1.54, 1.807) is 0 Å². The summed E-state index contributed by atoms with van der Waals surface area (Å²) >= 11 is 0. The highest BCUT2D eigenvalue weighted by Crippen LogP contribution is 2.17. The maximum atomic E-state index is 11.6. The van der Waals surface area contributed by atoms with E-state index >= 15 is 0 Å². The van der Waals surface area contributed by atoms with Gasteiger partial charge in [0.05, 0.1) is 0 Å². The van der Waals surface area contributed by atoms with Crippen LogP contribution in [0.3, 0.4) is 0 Å². The lowest BCUT2D eigenvalue weighted by molar-refractivity contribution is 0.0529. The summed E-state index contributed by atoms with van der Waals surface area (Å²) in [5, 5.41) is 9.27. The number of likely N-dealkylation sites (tertiary alicyclic amines) is 1. The molecular formula is C19H40IN5O2. The van der Waals surface area contributed by atoms with Gasteiger partial charge in [0, 0.05) is 26.2 Å². The Morgan fingerprint density at radius 2 is 1.74 bits per heavy atom. The van der Waals surface area contributed by atoms with E-state index in [0.717, 1.165) is 19.0 Å². The summed E-state index contributed by atoms with van der Waals surface area (Å²) in [5.74, 6) is 1.48. The molecule has 0 aromatic rings. The average molecular weight is 497 g/mol. The van der Waals surface area contributed by atoms with Crippen LogP contribution >= 0.6 is 24.0 Å². The lowest BCUT2D eigenvalue weighted by Gasteiger charge is -2.31. The fraction of sp³-hybridized carbons (Fsp3) is 0.895. The molecule has 0 saturated carbocycles. The van der Waals surface area contributed by atoms with Gasteiger partial charge in [0.1, 0.15) is 5.60 Å². The molecule has 0 aliphatic carbocycles. The van der Waals surface area contributed by atoms with E-state index in [-0.39, 0.29) is 30.1 Å². The van der Waals surface area contributed by atoms with Gasteiger partial charge in [0.15, 0.2) is 5.96 Å². The molecule has 8 heteroatoms. The highest BCUT2D eigenvalue weighted by molar-refractivity contribution is 14.0. The number of nitrogens with zero attached hydrogens (tertiary/aromatic N) is 2. The van der Waals surface area contributed by atoms with Gasteiger partial charge in [-0.25, -0.2) is 4.79 Å². The highest BCUT2D eigenvalue weighted by Gasteiger charge is 2.18. The van der Waals surface area contributed by atoms with Crippen LogP contribution in [0.2, 0.25) is 0 Å². The topological polar surface area (TPSA) is 78.0 Å². The maximum Gasteiger partial charge on any atom is 0.407 e. The number of hydrogen-bond acceptors (Lipinski definition) is 4. The number of halogens is 1. The predicted octanol–water partition coefficient (Wildman–Crippen LogP) is 2.81. The lowest BCUT2D eigenvalue weighted by atomic mass is 9.97. The number of carbonyl (C=O) groups is 1. The second-order valence-corrected chi connectivity index (χ2v) is 7.86. The minimum atomic E-state index is -0.472. The molecule has 0 atom stereocenters. The first-order chi connectivity index (χ1) is 12.3. The van der Waals surface area contributed by atoms with Crippen LogP contribution in [-0.2, 0) is 4.74 Å². The third-order valence-electron chi connectivity index (χ3n) is 4.18. The first kappa shape index (κ1) is 26.2. The van der Waals surface area contributed by atoms with E-state index in [0.29, 0.717) is 19.0 Å². The van der Waals surface area contributed by atoms with Gasteiger partial charge in [-0.15, -0.1) is 24.0 Å². The molecule has 0 aromatic carbocycles. The summed E-state index contributed by atoms with van der Waals surface area (Å²) < 4.78 is 5.22. The van der Waals surface area contributed by atoms with Gasteiger partial charge in [-0.1, -0.05) is 6.92 Å². The summed E-state index contributed by atoms with van der Waals surface area (Å²) in [6.07, 6.45) is 3.29. The van der Waals surface area contributed by atoms with Crippen LogP contribution in [0.1, 0.15) is 53.9 Å². The number of ether oxygens (including phenoxy) is 1. The SMILES string of the molecule is CCCN1CCC(CN=C(NCC)NCCNC(=O)OC(C)(C)C)CC1.I. The van der Waals surface area contributed by atoms with Crippen LogP contribution in [0.5, 0.6) is 0 Å². The molecule has 1 heterocycles. The van der Waals surface area contributed by atoms with Gasteiger partial charge in [-0.3, -0.25) is 4.99 Å². The van der Waals surface area contributed by atoms with Crippen LogP contribution < -0.4 is 16.0 Å². The second kappa shape index (κ2) is 14.3. The van der Waals surface area contributed by atoms with E-state index in [9.17, 15) is 4.79 Å². The Hall–Kier alpha value is -0.770. The number of hydrogen-bond donors (Lipinski definition) is 3. The Labute approximate surface area is 182 Å². The molecule has 0 radical (unpaired) electrons. The first-order valence-electron chi connectivity index (χ1n) is 10.1. The minimum absolute atomic E-state index is 0. The Morgan fingerprint density at radius 3 is 2.30 bits per heavy atom. The molecule has 7 nitrogen and oxygen atoms in total. The second-order valence-electron chi connectivity index (χ2n) is 7.86. The van der Waals surface area contributed by atoms with Crippen molar-refractivity contribution in [3.05, 3.63) is 0 Å². The summed E-state index contributed by atoms with van der Waals surface area (Å²) in [6.45, 7) is 16.2. The largest absolute Gasteiger partial charge is 0.444 e. The van der Waals surface area contributed by atoms with E-state index in [4.69, 9.17) is 9.73 Å². The zero-order valence-corrected chi connectivity index (χ0v) is 20.1. The van der Waals surface area contributed by atoms with Crippen molar-refractivity contribution in [1.29, 1.82) is 0 Å². The van der Waals surface area contributed by atoms with Crippen molar-refractivity contribution >= 4 is 36.0 Å². The van der Waals surface area contributed by atoms with E-state index in [1.165, 1.54) is 38.9 Å². The Bertz CT molecular complexity index is 432. The number of piperidine rings is 1. The molecule has 0 aromatic heterocycles. The minimum Gasteiger partial charge on any atom is -0.444 e. The Kier molecular flexibility index (Phi) is 13.9. The summed E-state index contributed by atoms with van der Waals surface area (Å²) in [6, 6.07) is 0. The van der Waals surface area contributed by atoms with Gasteiger partial charge < -0.3 is 25.6 Å². The van der Waals surface area contributed by atoms with Gasteiger partial charge in [0.25, 0.3) is 0 Å². The number of amides is 1. The fourth-order valence-corrected chi connectivity index (χ4v) is 2.93. The van der Waals surface area contributed by atoms with E-state index in [1.807, 2.05) is 20.8 Å². The van der Waals surface area contributed by atoms with Crippen LogP contribution in [0.4, 0.5) is 4.79 Å². The molecule has 0 unspecified atom stereocenters. The molecule has 0 bridgehead atoms. The number of guanidine groups is 1. The molecule has 1 rings (SSSR count). The molecule has 1 aliphatic heterocycles. The molecular weight excluding hydrogens is 457 g/mol. The van der Waals surface area contributed by atoms with Crippen molar-refractivity contribution in [2.45, 2.75) is 59.5 Å². The first-order valence-corrected chi connectivity index (χ1v) is 10.1. The smallest absolute Gasteiger partial charge is 0.407 e. The van der Waals surface area contributed by atoms with Crippen molar-refractivity contribution in [1.82, 2.24) is 20.9 Å². The van der Waals surface area contributed by atoms with Crippen molar-refractivity contribution < 1.29 is 9.53 Å². The molecule has 27 heavy (non-hydrogen) atoms. The van der Waals surface area contributed by atoms with Gasteiger partial charge in [0.2, 0.25) is 0 Å². The van der Waals surface area contributed by atoms with Gasteiger partial charge >= 0.3 is 6.09 Å². The summed E-state index contributed by atoms with van der Waals surface area (Å²) in [7, 11) is 0. The molecule has 1 amide bonds. The lowest BCUT2D eigenvalue weighted by Crippen LogP contribution is -2.43. The third-order valence-corrected chi connectivity index (χ3v) is 4.18. The molecule has 3 N–H and O–H groups in total. The van der Waals surface area contributed by atoms with Crippen LogP contribution in [0.15, 0.2) is 4.99 Å². The van der Waals surface area contributed by atoms with Gasteiger partial charge in [-0.2, -0.15) is 0 Å². The zero-order chi connectivity index (χ0) is 19.4. The molecule has 1 saturated heterocycles. The maximum absolute atomic E-state index is 11.6. The normalized spacial score (nSPS) is 16.4.